The van der Waals surface area contributed by atoms with Gasteiger partial charge in [-0.05, 0) is 102 Å². The number of ketones is 1. The number of carboxylic acid groups (broad SMARTS) is 1. The molecule has 1 aliphatic heterocycles. The van der Waals surface area contributed by atoms with Crippen molar-refractivity contribution in [3.63, 3.8) is 0 Å². The number of carbonyl (C=O) groups is 4. The molecule has 0 spiro atoms. The van der Waals surface area contributed by atoms with Crippen LogP contribution in [0.5, 0.6) is 5.75 Å². The number of rotatable bonds is 29. The maximum Gasteiger partial charge on any atom is 0.306 e. The number of likely N-dealkylation sites (N-methyl/N-ethyl adjacent to an activating group) is 1. The third kappa shape index (κ3) is 16.1. The number of hydrogen-bond acceptors (Lipinski definition) is 11. The Bertz CT molecular complexity index is 1590. The molecule has 2 aromatic rings. The second kappa shape index (κ2) is 26.8. The zero-order valence-corrected chi connectivity index (χ0v) is 38.5. The van der Waals surface area contributed by atoms with E-state index < -0.39 is 35.9 Å². The van der Waals surface area contributed by atoms with Gasteiger partial charge in [0.2, 0.25) is 5.91 Å². The number of hydrogen-bond donors (Lipinski definition) is 3. The summed E-state index contributed by atoms with van der Waals surface area (Å²) in [5, 5.41) is 15.1. The zero-order chi connectivity index (χ0) is 44.2. The van der Waals surface area contributed by atoms with Crippen LogP contribution in [0.3, 0.4) is 0 Å². The first-order chi connectivity index (χ1) is 28.7. The molecule has 2 amide bonds. The molecule has 3 rings (SSSR count). The van der Waals surface area contributed by atoms with E-state index in [1.165, 1.54) is 11.3 Å². The SMILES string of the molecule is CCCO[C@H](C[C@H](C(C)C)N(COCC)C(=O)[C@@H](CC(=O)[C@H]1CCCCN1C)[C@@H](C)CC)c1nc(C(=O)N[C@@H](Cc2ccc(OCCCCN)cc2)C[C@H](C)C(=O)O)cs1. The molecule has 0 unspecified atom stereocenters. The Morgan fingerprint density at radius 1 is 1.03 bits per heavy atom. The van der Waals surface area contributed by atoms with E-state index in [4.69, 9.17) is 24.9 Å². The van der Waals surface area contributed by atoms with Gasteiger partial charge < -0.3 is 35.3 Å². The highest BCUT2D eigenvalue weighted by Crippen LogP contribution is 2.34. The second-order valence-corrected chi connectivity index (χ2v) is 17.8. The van der Waals surface area contributed by atoms with Gasteiger partial charge in [0.05, 0.1) is 18.6 Å². The molecule has 1 aromatic heterocycles. The number of thiazole rings is 1. The van der Waals surface area contributed by atoms with Gasteiger partial charge in [0.15, 0.2) is 5.78 Å². The molecule has 0 radical (unpaired) electrons. The van der Waals surface area contributed by atoms with Gasteiger partial charge in [-0.3, -0.25) is 24.1 Å². The third-order valence-electron chi connectivity index (χ3n) is 11.8. The summed E-state index contributed by atoms with van der Waals surface area (Å²) in [6.07, 6.45) is 6.96. The van der Waals surface area contributed by atoms with E-state index in [0.717, 1.165) is 62.8 Å². The van der Waals surface area contributed by atoms with Gasteiger partial charge >= 0.3 is 5.97 Å². The maximum absolute atomic E-state index is 14.8. The van der Waals surface area contributed by atoms with Gasteiger partial charge in [0.25, 0.3) is 5.91 Å². The van der Waals surface area contributed by atoms with Gasteiger partial charge in [-0.25, -0.2) is 4.98 Å². The first kappa shape index (κ1) is 50.9. The van der Waals surface area contributed by atoms with Gasteiger partial charge in [-0.2, -0.15) is 0 Å². The molecule has 1 fully saturated rings. The van der Waals surface area contributed by atoms with Crippen molar-refractivity contribution in [3.05, 3.63) is 45.9 Å². The highest BCUT2D eigenvalue weighted by atomic mass is 32.1. The summed E-state index contributed by atoms with van der Waals surface area (Å²) >= 11 is 1.33. The van der Waals surface area contributed by atoms with Crippen molar-refractivity contribution in [3.8, 4) is 5.75 Å². The summed E-state index contributed by atoms with van der Waals surface area (Å²) in [7, 11) is 2.00. The number of nitrogens with one attached hydrogen (secondary N) is 1. The molecule has 14 heteroatoms. The van der Waals surface area contributed by atoms with E-state index in [9.17, 15) is 24.3 Å². The Hall–Kier alpha value is -3.43. The summed E-state index contributed by atoms with van der Waals surface area (Å²) in [6, 6.07) is 6.69. The fraction of sp³-hybridized carbons (Fsp3) is 0.717. The molecule has 60 heavy (non-hydrogen) atoms. The third-order valence-corrected chi connectivity index (χ3v) is 12.7. The topological polar surface area (TPSA) is 174 Å². The Morgan fingerprint density at radius 2 is 1.77 bits per heavy atom. The molecule has 1 saturated heterocycles. The number of aliphatic carboxylic acids is 1. The molecule has 1 aromatic carbocycles. The first-order valence-corrected chi connectivity index (χ1v) is 23.3. The number of ether oxygens (including phenoxy) is 3. The highest BCUT2D eigenvalue weighted by molar-refractivity contribution is 7.09. The predicted molar refractivity (Wildman–Crippen MR) is 237 cm³/mol. The molecule has 13 nitrogen and oxygen atoms in total. The number of nitrogens with two attached hydrogens (primary N) is 1. The fourth-order valence-electron chi connectivity index (χ4n) is 7.82. The van der Waals surface area contributed by atoms with Crippen molar-refractivity contribution in [2.75, 3.05) is 46.7 Å². The van der Waals surface area contributed by atoms with E-state index in [-0.39, 0.29) is 60.9 Å². The fourth-order valence-corrected chi connectivity index (χ4v) is 8.68. The van der Waals surface area contributed by atoms with E-state index in [1.54, 1.807) is 12.3 Å². The smallest absolute Gasteiger partial charge is 0.306 e. The summed E-state index contributed by atoms with van der Waals surface area (Å²) < 4.78 is 18.2. The lowest BCUT2D eigenvalue weighted by Gasteiger charge is -2.39. The normalized spacial score (nSPS) is 17.7. The van der Waals surface area contributed by atoms with E-state index in [2.05, 4.69) is 37.9 Å². The summed E-state index contributed by atoms with van der Waals surface area (Å²) in [5.41, 5.74) is 6.74. The van der Waals surface area contributed by atoms with Crippen LogP contribution in [0.4, 0.5) is 0 Å². The molecule has 7 atom stereocenters. The van der Waals surface area contributed by atoms with Crippen LogP contribution in [0.25, 0.3) is 0 Å². The minimum absolute atomic E-state index is 0.00767. The lowest BCUT2D eigenvalue weighted by atomic mass is 9.82. The van der Waals surface area contributed by atoms with Crippen LogP contribution in [-0.2, 0) is 30.3 Å². The summed E-state index contributed by atoms with van der Waals surface area (Å²) in [4.78, 5) is 63.0. The number of carbonyl (C=O) groups excluding carboxylic acids is 3. The van der Waals surface area contributed by atoms with Crippen molar-refractivity contribution in [2.24, 2.45) is 29.4 Å². The quantitative estimate of drug-likeness (QED) is 0.0546. The van der Waals surface area contributed by atoms with Crippen molar-refractivity contribution in [1.82, 2.24) is 20.1 Å². The second-order valence-electron chi connectivity index (χ2n) is 16.9. The van der Waals surface area contributed by atoms with Crippen LogP contribution in [-0.4, -0.2) is 108 Å². The van der Waals surface area contributed by atoms with Crippen LogP contribution < -0.4 is 15.8 Å². The molecule has 4 N–H and O–H groups in total. The Labute approximate surface area is 363 Å². The Kier molecular flexibility index (Phi) is 22.8. The predicted octanol–water partition coefficient (Wildman–Crippen LogP) is 7.52. The van der Waals surface area contributed by atoms with Crippen LogP contribution in [0.1, 0.15) is 140 Å². The largest absolute Gasteiger partial charge is 0.494 e. The molecular formula is C46H75N5O8S. The molecule has 338 valence electrons. The van der Waals surface area contributed by atoms with Crippen molar-refractivity contribution >= 4 is 34.9 Å². The number of piperidine rings is 1. The zero-order valence-electron chi connectivity index (χ0n) is 37.7. The minimum Gasteiger partial charge on any atom is -0.494 e. The lowest BCUT2D eigenvalue weighted by Crippen LogP contribution is -2.50. The van der Waals surface area contributed by atoms with Gasteiger partial charge in [-0.1, -0.05) is 66.5 Å². The highest BCUT2D eigenvalue weighted by Gasteiger charge is 2.39. The summed E-state index contributed by atoms with van der Waals surface area (Å²) in [6.45, 7) is 16.9. The van der Waals surface area contributed by atoms with Crippen LogP contribution in [0.2, 0.25) is 0 Å². The number of amides is 2. The summed E-state index contributed by atoms with van der Waals surface area (Å²) in [5.74, 6) is -1.71. The molecule has 0 bridgehead atoms. The monoisotopic (exact) mass is 858 g/mol. The maximum atomic E-state index is 14.8. The average molecular weight is 858 g/mol. The standard InChI is InChI=1S/C46H75N5O8S/c1-9-23-59-42(28-40(31(4)5)51(30-57-11-3)45(54)37(32(6)10-2)27-41(52)39-16-12-14-22-50(39)8)44-49-38(29-60-44)43(53)48-35(25-33(7)46(55)56)26-34-17-19-36(20-18-34)58-24-15-13-21-47/h17-20,29,31-33,35,37,39-40,42H,9-16,21-28,30,47H2,1-8H3,(H,48,53)(H,55,56)/t32-,33-,35+,37-,39+,40+,42+/m0/s1. The Balaban J connectivity index is 1.85. The molecule has 1 aliphatic rings. The van der Waals surface area contributed by atoms with Crippen molar-refractivity contribution in [1.29, 1.82) is 0 Å². The Morgan fingerprint density at radius 3 is 2.38 bits per heavy atom. The van der Waals surface area contributed by atoms with Crippen LogP contribution in [0.15, 0.2) is 29.6 Å². The number of Topliss-reactive ketones (excluding diaryl/α,β-unsaturated/α-hetero) is 1. The van der Waals surface area contributed by atoms with Crippen LogP contribution in [0, 0.1) is 23.7 Å². The van der Waals surface area contributed by atoms with Crippen molar-refractivity contribution in [2.45, 2.75) is 143 Å². The average Bonchev–Trinajstić information content (AvgIpc) is 3.73. The van der Waals surface area contributed by atoms with Gasteiger partial charge in [0, 0.05) is 49.4 Å². The van der Waals surface area contributed by atoms with E-state index in [0.29, 0.717) is 44.2 Å². The van der Waals surface area contributed by atoms with Crippen molar-refractivity contribution < 1.29 is 38.5 Å². The number of nitrogens with zero attached hydrogens (tertiary/aromatic N) is 3. The number of unbranched alkanes of at least 4 members (excludes halogenated alkanes) is 1. The number of likely N-dealkylation sites (tertiary alicyclic amines) is 1. The first-order valence-electron chi connectivity index (χ1n) is 22.4. The van der Waals surface area contributed by atoms with Gasteiger partial charge in [0.1, 0.15) is 29.3 Å². The number of aromatic nitrogens is 1. The number of carboxylic acids is 1. The molecule has 0 aliphatic carbocycles. The van der Waals surface area contributed by atoms with Gasteiger partial charge in [-0.15, -0.1) is 11.3 Å². The molecular weight excluding hydrogens is 783 g/mol. The lowest BCUT2D eigenvalue weighted by molar-refractivity contribution is -0.151. The number of benzene rings is 1. The minimum atomic E-state index is -0.933. The molecule has 0 saturated carbocycles. The van der Waals surface area contributed by atoms with E-state index >= 15 is 0 Å². The molecule has 2 heterocycles. The van der Waals surface area contributed by atoms with Crippen LogP contribution >= 0.6 is 11.3 Å². The van der Waals surface area contributed by atoms with E-state index in [1.807, 2.05) is 50.1 Å².